The first kappa shape index (κ1) is 18.5. The molecule has 2 aromatic carbocycles. The van der Waals surface area contributed by atoms with Gasteiger partial charge in [0.05, 0.1) is 7.11 Å². The third-order valence-corrected chi connectivity index (χ3v) is 4.21. The van der Waals surface area contributed by atoms with Crippen LogP contribution in [0.4, 0.5) is 4.39 Å². The summed E-state index contributed by atoms with van der Waals surface area (Å²) in [6.07, 6.45) is 2.18. The minimum absolute atomic E-state index is 0.0649. The lowest BCUT2D eigenvalue weighted by atomic mass is 10.0. The van der Waals surface area contributed by atoms with Crippen molar-refractivity contribution < 1.29 is 23.8 Å². The highest BCUT2D eigenvalue weighted by molar-refractivity contribution is 5.91. The van der Waals surface area contributed by atoms with Gasteiger partial charge in [-0.3, -0.25) is 4.79 Å². The maximum atomic E-state index is 13.3. The standard InChI is InChI=1S/C21H19FO5/c1-11(2)4-9-14-15(23)10-16(24)17-18(25)21(26-3)19(27-20(14)17)12-5-7-13(22)8-6-12/h4-8,10,23-24H,9H2,1-3H3. The minimum atomic E-state index is -0.575. The first-order valence-electron chi connectivity index (χ1n) is 8.31. The molecule has 2 N–H and O–H groups in total. The van der Waals surface area contributed by atoms with E-state index in [1.165, 1.54) is 31.4 Å². The van der Waals surface area contributed by atoms with Crippen molar-refractivity contribution in [2.75, 3.05) is 7.11 Å². The molecule has 3 rings (SSSR count). The lowest BCUT2D eigenvalue weighted by molar-refractivity contribution is 0.396. The lowest BCUT2D eigenvalue weighted by Crippen LogP contribution is -2.09. The van der Waals surface area contributed by atoms with E-state index < -0.39 is 17.0 Å². The highest BCUT2D eigenvalue weighted by Crippen LogP contribution is 2.38. The Morgan fingerprint density at radius 3 is 2.44 bits per heavy atom. The molecule has 27 heavy (non-hydrogen) atoms. The molecule has 140 valence electrons. The average molecular weight is 370 g/mol. The Balaban J connectivity index is 2.41. The van der Waals surface area contributed by atoms with Gasteiger partial charge in [0.15, 0.2) is 5.76 Å². The molecule has 0 spiro atoms. The molecule has 6 heteroatoms. The summed E-state index contributed by atoms with van der Waals surface area (Å²) >= 11 is 0. The molecule has 0 fully saturated rings. The van der Waals surface area contributed by atoms with Gasteiger partial charge >= 0.3 is 0 Å². The molecule has 3 aromatic rings. The summed E-state index contributed by atoms with van der Waals surface area (Å²) < 4.78 is 24.4. The Bertz CT molecular complexity index is 1090. The van der Waals surface area contributed by atoms with E-state index in [1.54, 1.807) is 0 Å². The van der Waals surface area contributed by atoms with Crippen LogP contribution in [0.25, 0.3) is 22.3 Å². The summed E-state index contributed by atoms with van der Waals surface area (Å²) in [7, 11) is 1.31. The molecule has 0 saturated heterocycles. The summed E-state index contributed by atoms with van der Waals surface area (Å²) in [4.78, 5) is 12.9. The summed E-state index contributed by atoms with van der Waals surface area (Å²) in [5.41, 5.74) is 1.31. The van der Waals surface area contributed by atoms with E-state index in [4.69, 9.17) is 9.15 Å². The number of phenols is 2. The number of halogens is 1. The Morgan fingerprint density at radius 2 is 1.85 bits per heavy atom. The maximum absolute atomic E-state index is 13.3. The number of hydrogen-bond acceptors (Lipinski definition) is 5. The van der Waals surface area contributed by atoms with Crippen LogP contribution in [0.5, 0.6) is 17.2 Å². The molecule has 0 unspecified atom stereocenters. The normalized spacial score (nSPS) is 10.8. The van der Waals surface area contributed by atoms with Gasteiger partial charge < -0.3 is 19.4 Å². The zero-order chi connectivity index (χ0) is 19.7. The van der Waals surface area contributed by atoms with Gasteiger partial charge in [0.1, 0.15) is 28.3 Å². The zero-order valence-corrected chi connectivity index (χ0v) is 15.2. The SMILES string of the molecule is COc1c(-c2ccc(F)cc2)oc2c(CC=C(C)C)c(O)cc(O)c2c1=O. The van der Waals surface area contributed by atoms with Crippen LogP contribution in [0, 0.1) is 5.82 Å². The van der Waals surface area contributed by atoms with Crippen LogP contribution in [-0.2, 0) is 6.42 Å². The number of benzene rings is 2. The molecule has 0 bridgehead atoms. The molecule has 0 aliphatic carbocycles. The predicted molar refractivity (Wildman–Crippen MR) is 101 cm³/mol. The van der Waals surface area contributed by atoms with E-state index >= 15 is 0 Å². The largest absolute Gasteiger partial charge is 0.507 e. The minimum Gasteiger partial charge on any atom is -0.507 e. The van der Waals surface area contributed by atoms with Crippen LogP contribution in [-0.4, -0.2) is 17.3 Å². The first-order chi connectivity index (χ1) is 12.8. The van der Waals surface area contributed by atoms with Crippen LogP contribution in [0.1, 0.15) is 19.4 Å². The third kappa shape index (κ3) is 3.38. The van der Waals surface area contributed by atoms with E-state index in [9.17, 15) is 19.4 Å². The van der Waals surface area contributed by atoms with E-state index in [1.807, 2.05) is 19.9 Å². The quantitative estimate of drug-likeness (QED) is 0.660. The molecule has 0 atom stereocenters. The molecule has 0 aliphatic rings. The van der Waals surface area contributed by atoms with Crippen LogP contribution in [0.2, 0.25) is 0 Å². The second-order valence-corrected chi connectivity index (χ2v) is 6.38. The van der Waals surface area contributed by atoms with Crippen molar-refractivity contribution >= 4 is 11.0 Å². The lowest BCUT2D eigenvalue weighted by Gasteiger charge is -2.13. The fourth-order valence-corrected chi connectivity index (χ4v) is 2.85. The number of phenolic OH excluding ortho intramolecular Hbond substituents is 2. The summed E-state index contributed by atoms with van der Waals surface area (Å²) in [5.74, 6) is -1.03. The van der Waals surface area contributed by atoms with Crippen molar-refractivity contribution in [1.82, 2.24) is 0 Å². The Hall–Kier alpha value is -3.28. The second-order valence-electron chi connectivity index (χ2n) is 6.38. The van der Waals surface area contributed by atoms with Crippen LogP contribution >= 0.6 is 0 Å². The molecule has 5 nitrogen and oxygen atoms in total. The number of hydrogen-bond donors (Lipinski definition) is 2. The fraction of sp³-hybridized carbons (Fsp3) is 0.190. The van der Waals surface area contributed by atoms with Gasteiger partial charge in [-0.25, -0.2) is 4.39 Å². The van der Waals surface area contributed by atoms with Gasteiger partial charge in [-0.2, -0.15) is 0 Å². The van der Waals surface area contributed by atoms with Crippen LogP contribution in [0.15, 0.2) is 51.2 Å². The van der Waals surface area contributed by atoms with E-state index in [2.05, 4.69) is 0 Å². The molecular formula is C21H19FO5. The molecule has 0 radical (unpaired) electrons. The van der Waals surface area contributed by atoms with Gasteiger partial charge in [0.25, 0.3) is 0 Å². The average Bonchev–Trinajstić information content (AvgIpc) is 2.61. The second kappa shape index (κ2) is 7.15. The smallest absolute Gasteiger partial charge is 0.239 e. The highest BCUT2D eigenvalue weighted by atomic mass is 19.1. The molecular weight excluding hydrogens is 351 g/mol. The maximum Gasteiger partial charge on any atom is 0.239 e. The molecule has 0 saturated carbocycles. The number of allylic oxidation sites excluding steroid dienone is 2. The third-order valence-electron chi connectivity index (χ3n) is 4.21. The Labute approximate surface area is 155 Å². The number of ether oxygens (including phenoxy) is 1. The predicted octanol–water partition coefficient (Wildman–Crippen LogP) is 4.53. The van der Waals surface area contributed by atoms with Crippen molar-refractivity contribution in [3.05, 3.63) is 63.6 Å². The fourth-order valence-electron chi connectivity index (χ4n) is 2.85. The van der Waals surface area contributed by atoms with E-state index in [0.29, 0.717) is 17.5 Å². The number of fused-ring (bicyclic) bond motifs is 1. The molecule has 0 aliphatic heterocycles. The number of methoxy groups -OCH3 is 1. The number of aromatic hydroxyl groups is 2. The molecule has 1 heterocycles. The van der Waals surface area contributed by atoms with Gasteiger partial charge in [-0.15, -0.1) is 0 Å². The summed E-state index contributed by atoms with van der Waals surface area (Å²) in [6, 6.07) is 6.51. The van der Waals surface area contributed by atoms with Crippen molar-refractivity contribution in [2.45, 2.75) is 20.3 Å². The van der Waals surface area contributed by atoms with Crippen LogP contribution in [0.3, 0.4) is 0 Å². The van der Waals surface area contributed by atoms with E-state index in [0.717, 1.165) is 11.6 Å². The van der Waals surface area contributed by atoms with Crippen molar-refractivity contribution in [2.24, 2.45) is 0 Å². The monoisotopic (exact) mass is 370 g/mol. The van der Waals surface area contributed by atoms with Gasteiger partial charge in [-0.1, -0.05) is 11.6 Å². The Kier molecular flexibility index (Phi) is 4.90. The van der Waals surface area contributed by atoms with Gasteiger partial charge in [0.2, 0.25) is 11.2 Å². The Morgan fingerprint density at radius 1 is 1.19 bits per heavy atom. The van der Waals surface area contributed by atoms with E-state index in [-0.39, 0.29) is 28.2 Å². The van der Waals surface area contributed by atoms with Gasteiger partial charge in [0, 0.05) is 17.2 Å². The highest BCUT2D eigenvalue weighted by Gasteiger charge is 2.23. The molecule has 0 amide bonds. The van der Waals surface area contributed by atoms with Crippen molar-refractivity contribution in [3.8, 4) is 28.6 Å². The summed E-state index contributed by atoms with van der Waals surface area (Å²) in [5, 5.41) is 20.4. The summed E-state index contributed by atoms with van der Waals surface area (Å²) in [6.45, 7) is 3.81. The molecule has 1 aromatic heterocycles. The topological polar surface area (TPSA) is 79.9 Å². The number of rotatable bonds is 4. The van der Waals surface area contributed by atoms with Crippen molar-refractivity contribution in [1.29, 1.82) is 0 Å². The van der Waals surface area contributed by atoms with Crippen molar-refractivity contribution in [3.63, 3.8) is 0 Å². The van der Waals surface area contributed by atoms with Gasteiger partial charge in [-0.05, 0) is 44.5 Å². The first-order valence-corrected chi connectivity index (χ1v) is 8.31. The van der Waals surface area contributed by atoms with Crippen LogP contribution < -0.4 is 10.2 Å². The zero-order valence-electron chi connectivity index (χ0n) is 15.2.